The summed E-state index contributed by atoms with van der Waals surface area (Å²) in [5, 5.41) is 11.1. The third-order valence-corrected chi connectivity index (χ3v) is 4.75. The average molecular weight is 354 g/mol. The molecule has 3 rings (SSSR count). The van der Waals surface area contributed by atoms with Crippen LogP contribution < -0.4 is 5.32 Å². The van der Waals surface area contributed by atoms with Crippen LogP contribution in [0.5, 0.6) is 0 Å². The van der Waals surface area contributed by atoms with Crippen molar-refractivity contribution in [1.29, 1.82) is 5.41 Å². The summed E-state index contributed by atoms with van der Waals surface area (Å²) in [7, 11) is 0. The maximum absolute atomic E-state index is 13.3. The lowest BCUT2D eigenvalue weighted by atomic mass is 9.99. The van der Waals surface area contributed by atoms with Crippen LogP contribution in [-0.4, -0.2) is 27.1 Å². The molecule has 1 aliphatic rings. The van der Waals surface area contributed by atoms with Gasteiger partial charge in [-0.15, -0.1) is 0 Å². The Balaban J connectivity index is 1.72. The van der Waals surface area contributed by atoms with Gasteiger partial charge in [-0.1, -0.05) is 12.1 Å². The second-order valence-corrected chi connectivity index (χ2v) is 7.35. The molecule has 5 nitrogen and oxygen atoms in total. The number of amides is 1. The monoisotopic (exact) mass is 354 g/mol. The quantitative estimate of drug-likeness (QED) is 0.687. The smallest absolute Gasteiger partial charge is 0.287 e. The van der Waals surface area contributed by atoms with Gasteiger partial charge in [-0.05, 0) is 63.3 Å². The SMILES string of the molecule is C/C(=C/C(=N)c1cccc(F)c1)c1cnc(C(=O)NC(C)(C)C2CC2)[nH]1. The number of aromatic amines is 1. The van der Waals surface area contributed by atoms with Crippen LogP contribution in [0.1, 0.15) is 55.5 Å². The number of carbonyl (C=O) groups excluding carboxylic acids is 1. The van der Waals surface area contributed by atoms with Crippen LogP contribution in [0.2, 0.25) is 0 Å². The summed E-state index contributed by atoms with van der Waals surface area (Å²) in [6, 6.07) is 5.91. The van der Waals surface area contributed by atoms with E-state index >= 15 is 0 Å². The average Bonchev–Trinajstić information content (AvgIpc) is 3.32. The molecule has 0 aliphatic heterocycles. The van der Waals surface area contributed by atoms with E-state index in [0.29, 0.717) is 17.2 Å². The molecule has 1 heterocycles. The fourth-order valence-corrected chi connectivity index (χ4v) is 2.93. The zero-order valence-electron chi connectivity index (χ0n) is 15.2. The molecule has 0 saturated heterocycles. The van der Waals surface area contributed by atoms with Gasteiger partial charge in [0.25, 0.3) is 5.91 Å². The number of rotatable bonds is 6. The first-order chi connectivity index (χ1) is 12.3. The summed E-state index contributed by atoms with van der Waals surface area (Å²) < 4.78 is 13.3. The first kappa shape index (κ1) is 18.0. The molecule has 1 fully saturated rings. The fourth-order valence-electron chi connectivity index (χ4n) is 2.93. The highest BCUT2D eigenvalue weighted by atomic mass is 19.1. The van der Waals surface area contributed by atoms with Crippen LogP contribution >= 0.6 is 0 Å². The Hall–Kier alpha value is -2.76. The summed E-state index contributed by atoms with van der Waals surface area (Å²) in [5.41, 5.74) is 1.84. The van der Waals surface area contributed by atoms with Gasteiger partial charge in [0.15, 0.2) is 5.82 Å². The minimum atomic E-state index is -0.378. The third kappa shape index (κ3) is 4.07. The van der Waals surface area contributed by atoms with E-state index in [1.807, 2.05) is 20.8 Å². The largest absolute Gasteiger partial charge is 0.344 e. The van der Waals surface area contributed by atoms with E-state index in [1.54, 1.807) is 24.4 Å². The van der Waals surface area contributed by atoms with Gasteiger partial charge < -0.3 is 15.7 Å². The zero-order chi connectivity index (χ0) is 18.9. The van der Waals surface area contributed by atoms with Crippen molar-refractivity contribution < 1.29 is 9.18 Å². The molecular formula is C20H23FN4O. The van der Waals surface area contributed by atoms with Crippen molar-refractivity contribution >= 4 is 17.2 Å². The Labute approximate surface area is 152 Å². The molecule has 0 bridgehead atoms. The standard InChI is InChI=1S/C20H23FN4O/c1-12(9-16(22)13-5-4-6-15(21)10-13)17-11-23-18(24-17)19(26)25-20(2,3)14-7-8-14/h4-6,9-11,14,22H,7-8H2,1-3H3,(H,23,24)(H,25,26)/b12-9-,22-16?. The van der Waals surface area contributed by atoms with Gasteiger partial charge in [-0.2, -0.15) is 0 Å². The lowest BCUT2D eigenvalue weighted by molar-refractivity contribution is 0.0893. The lowest BCUT2D eigenvalue weighted by Crippen LogP contribution is -2.45. The van der Waals surface area contributed by atoms with E-state index in [2.05, 4.69) is 15.3 Å². The van der Waals surface area contributed by atoms with Gasteiger partial charge in [0, 0.05) is 11.1 Å². The predicted octanol–water partition coefficient (Wildman–Crippen LogP) is 3.94. The number of hydrogen-bond donors (Lipinski definition) is 3. The zero-order valence-corrected chi connectivity index (χ0v) is 15.2. The van der Waals surface area contributed by atoms with Crippen molar-refractivity contribution in [2.45, 2.75) is 39.2 Å². The highest BCUT2D eigenvalue weighted by molar-refractivity contribution is 6.10. The molecule has 3 N–H and O–H groups in total. The maximum atomic E-state index is 13.3. The van der Waals surface area contributed by atoms with Crippen LogP contribution in [0, 0.1) is 17.1 Å². The van der Waals surface area contributed by atoms with Crippen molar-refractivity contribution in [1.82, 2.24) is 15.3 Å². The summed E-state index contributed by atoms with van der Waals surface area (Å²) in [5.74, 6) is 0.159. The molecule has 0 unspecified atom stereocenters. The molecule has 0 radical (unpaired) electrons. The molecule has 26 heavy (non-hydrogen) atoms. The van der Waals surface area contributed by atoms with E-state index in [1.165, 1.54) is 12.1 Å². The summed E-state index contributed by atoms with van der Waals surface area (Å²) in [6.45, 7) is 5.87. The Morgan fingerprint density at radius 1 is 1.42 bits per heavy atom. The number of allylic oxidation sites excluding steroid dienone is 2. The molecule has 2 aromatic rings. The van der Waals surface area contributed by atoms with Gasteiger partial charge in [0.1, 0.15) is 5.82 Å². The highest BCUT2D eigenvalue weighted by Crippen LogP contribution is 2.39. The molecule has 1 saturated carbocycles. The molecule has 1 aliphatic carbocycles. The van der Waals surface area contributed by atoms with Gasteiger partial charge in [0.2, 0.25) is 0 Å². The Kier molecular flexibility index (Phi) is 4.76. The highest BCUT2D eigenvalue weighted by Gasteiger charge is 2.39. The summed E-state index contributed by atoms with van der Waals surface area (Å²) in [6.07, 6.45) is 5.48. The van der Waals surface area contributed by atoms with Crippen LogP contribution in [0.25, 0.3) is 5.57 Å². The van der Waals surface area contributed by atoms with Crippen molar-refractivity contribution in [3.05, 3.63) is 59.4 Å². The topological polar surface area (TPSA) is 81.6 Å². The number of H-pyrrole nitrogens is 1. The predicted molar refractivity (Wildman–Crippen MR) is 99.7 cm³/mol. The number of benzene rings is 1. The minimum Gasteiger partial charge on any atom is -0.344 e. The first-order valence-corrected chi connectivity index (χ1v) is 8.67. The first-order valence-electron chi connectivity index (χ1n) is 8.67. The number of aromatic nitrogens is 2. The molecule has 1 aromatic carbocycles. The number of halogens is 1. The van der Waals surface area contributed by atoms with E-state index in [9.17, 15) is 9.18 Å². The van der Waals surface area contributed by atoms with Crippen LogP contribution in [-0.2, 0) is 0 Å². The number of imidazole rings is 1. The van der Waals surface area contributed by atoms with Gasteiger partial charge >= 0.3 is 0 Å². The molecule has 1 amide bonds. The van der Waals surface area contributed by atoms with Crippen LogP contribution in [0.3, 0.4) is 0 Å². The number of nitrogens with one attached hydrogen (secondary N) is 3. The maximum Gasteiger partial charge on any atom is 0.287 e. The molecular weight excluding hydrogens is 331 g/mol. The molecule has 6 heteroatoms. The molecule has 1 aromatic heterocycles. The van der Waals surface area contributed by atoms with Crippen molar-refractivity contribution in [3.63, 3.8) is 0 Å². The Morgan fingerprint density at radius 2 is 2.15 bits per heavy atom. The number of hydrogen-bond acceptors (Lipinski definition) is 3. The van der Waals surface area contributed by atoms with Crippen LogP contribution in [0.15, 0.2) is 36.5 Å². The normalized spacial score (nSPS) is 15.0. The lowest BCUT2D eigenvalue weighted by Gasteiger charge is -2.25. The molecule has 0 spiro atoms. The van der Waals surface area contributed by atoms with Gasteiger partial charge in [0.05, 0.1) is 17.6 Å². The number of carbonyl (C=O) groups is 1. The van der Waals surface area contributed by atoms with Crippen molar-refractivity contribution in [3.8, 4) is 0 Å². The molecule has 0 atom stereocenters. The minimum absolute atomic E-state index is 0.192. The van der Waals surface area contributed by atoms with Gasteiger partial charge in [-0.3, -0.25) is 4.79 Å². The van der Waals surface area contributed by atoms with Crippen molar-refractivity contribution in [2.75, 3.05) is 0 Å². The van der Waals surface area contributed by atoms with Crippen molar-refractivity contribution in [2.24, 2.45) is 5.92 Å². The van der Waals surface area contributed by atoms with Gasteiger partial charge in [-0.25, -0.2) is 9.37 Å². The fraction of sp³-hybridized carbons (Fsp3) is 0.350. The van der Waals surface area contributed by atoms with E-state index in [-0.39, 0.29) is 28.8 Å². The second-order valence-electron chi connectivity index (χ2n) is 7.35. The Bertz CT molecular complexity index is 877. The third-order valence-electron chi connectivity index (χ3n) is 4.75. The van der Waals surface area contributed by atoms with E-state index in [4.69, 9.17) is 5.41 Å². The molecule has 136 valence electrons. The second kappa shape index (κ2) is 6.86. The number of nitrogens with zero attached hydrogens (tertiary/aromatic N) is 1. The summed E-state index contributed by atoms with van der Waals surface area (Å²) in [4.78, 5) is 19.6. The Morgan fingerprint density at radius 3 is 2.81 bits per heavy atom. The van der Waals surface area contributed by atoms with E-state index < -0.39 is 0 Å². The van der Waals surface area contributed by atoms with Crippen LogP contribution in [0.4, 0.5) is 4.39 Å². The summed E-state index contributed by atoms with van der Waals surface area (Å²) >= 11 is 0. The van der Waals surface area contributed by atoms with E-state index in [0.717, 1.165) is 18.4 Å².